The third-order valence-corrected chi connectivity index (χ3v) is 4.36. The van der Waals surface area contributed by atoms with Crippen molar-refractivity contribution < 1.29 is 23.8 Å². The summed E-state index contributed by atoms with van der Waals surface area (Å²) in [5, 5.41) is 0. The molecule has 138 valence electrons. The first-order valence-corrected chi connectivity index (χ1v) is 8.33. The van der Waals surface area contributed by atoms with Crippen LogP contribution in [-0.4, -0.2) is 43.3 Å². The Morgan fingerprint density at radius 2 is 1.88 bits per heavy atom. The predicted octanol–water partition coefficient (Wildman–Crippen LogP) is 3.58. The number of hydrogen-bond acceptors (Lipinski definition) is 5. The smallest absolute Gasteiger partial charge is 0.413 e. The quantitative estimate of drug-likeness (QED) is 0.760. The van der Waals surface area contributed by atoms with Gasteiger partial charge in [-0.3, -0.25) is 9.69 Å². The number of amides is 1. The second kappa shape index (κ2) is 6.67. The summed E-state index contributed by atoms with van der Waals surface area (Å²) in [5.41, 5.74) is -0.522. The minimum atomic E-state index is -1.12. The van der Waals surface area contributed by atoms with Crippen molar-refractivity contribution in [2.75, 3.05) is 21.0 Å². The number of hydrogen-bond donors (Lipinski definition) is 0. The fourth-order valence-electron chi connectivity index (χ4n) is 3.40. The molecule has 1 aliphatic rings. The van der Waals surface area contributed by atoms with Crippen LogP contribution in [0.25, 0.3) is 0 Å². The van der Waals surface area contributed by atoms with Gasteiger partial charge in [-0.15, -0.1) is 0 Å². The summed E-state index contributed by atoms with van der Waals surface area (Å²) in [6, 6.07) is 5.42. The molecule has 0 N–H and O–H groups in total. The highest BCUT2D eigenvalue weighted by molar-refractivity contribution is 6.16. The monoisotopic (exact) mass is 349 g/mol. The Morgan fingerprint density at radius 3 is 2.36 bits per heavy atom. The molecule has 0 radical (unpaired) electrons. The Kier molecular flexibility index (Phi) is 5.14. The number of carbonyl (C=O) groups excluding carboxylic acids is 2. The Morgan fingerprint density at radius 1 is 1.24 bits per heavy atom. The zero-order valence-electron chi connectivity index (χ0n) is 16.0. The fourth-order valence-corrected chi connectivity index (χ4v) is 3.40. The Hall–Kier alpha value is -2.08. The fraction of sp³-hybridized carbons (Fsp3) is 0.579. The van der Waals surface area contributed by atoms with E-state index in [1.54, 1.807) is 26.8 Å². The molecule has 0 bridgehead atoms. The van der Waals surface area contributed by atoms with Crippen LogP contribution < -0.4 is 4.74 Å². The Labute approximate surface area is 149 Å². The normalized spacial score (nSPS) is 19.3. The summed E-state index contributed by atoms with van der Waals surface area (Å²) in [7, 11) is 3.01. The van der Waals surface area contributed by atoms with Gasteiger partial charge in [0.05, 0.1) is 12.7 Å². The van der Waals surface area contributed by atoms with Crippen LogP contribution in [0.2, 0.25) is 0 Å². The van der Waals surface area contributed by atoms with E-state index in [0.29, 0.717) is 11.3 Å². The number of nitrogens with zero attached hydrogens (tertiary/aromatic N) is 1. The summed E-state index contributed by atoms with van der Waals surface area (Å²) >= 11 is 0. The van der Waals surface area contributed by atoms with Crippen molar-refractivity contribution in [3.63, 3.8) is 0 Å². The Bertz CT molecular complexity index is 677. The predicted molar refractivity (Wildman–Crippen MR) is 93.8 cm³/mol. The molecule has 1 atom stereocenters. The van der Waals surface area contributed by atoms with Gasteiger partial charge in [0.15, 0.2) is 5.78 Å². The van der Waals surface area contributed by atoms with Crippen LogP contribution in [0, 0.1) is 5.92 Å². The molecule has 2 rings (SSSR count). The maximum absolute atomic E-state index is 13.2. The lowest BCUT2D eigenvalue weighted by molar-refractivity contribution is -0.0550. The van der Waals surface area contributed by atoms with Gasteiger partial charge in [-0.05, 0) is 32.8 Å². The van der Waals surface area contributed by atoms with E-state index < -0.39 is 17.2 Å². The van der Waals surface area contributed by atoms with Gasteiger partial charge in [0, 0.05) is 12.7 Å². The molecule has 0 aromatic heterocycles. The SMILES string of the molecule is COCN(C(=O)OC(C)(C)C)[C@@]1(C(C)C)C(=O)c2c(OC)cccc21. The minimum absolute atomic E-state index is 0.0461. The molecule has 0 fully saturated rings. The maximum atomic E-state index is 13.2. The van der Waals surface area contributed by atoms with Gasteiger partial charge in [0.25, 0.3) is 0 Å². The first-order valence-electron chi connectivity index (χ1n) is 8.33. The van der Waals surface area contributed by atoms with Crippen molar-refractivity contribution in [3.8, 4) is 5.75 Å². The van der Waals surface area contributed by atoms with Crippen LogP contribution in [0.4, 0.5) is 4.79 Å². The lowest BCUT2D eigenvalue weighted by atomic mass is 9.62. The van der Waals surface area contributed by atoms with E-state index in [1.165, 1.54) is 19.1 Å². The van der Waals surface area contributed by atoms with Gasteiger partial charge in [-0.2, -0.15) is 0 Å². The average Bonchev–Trinajstić information content (AvgIpc) is 2.51. The van der Waals surface area contributed by atoms with E-state index >= 15 is 0 Å². The first-order chi connectivity index (χ1) is 11.6. The number of rotatable bonds is 5. The van der Waals surface area contributed by atoms with Gasteiger partial charge >= 0.3 is 6.09 Å². The van der Waals surface area contributed by atoms with Crippen molar-refractivity contribution in [1.82, 2.24) is 4.90 Å². The third-order valence-electron chi connectivity index (χ3n) is 4.36. The van der Waals surface area contributed by atoms with E-state index in [0.717, 1.165) is 5.56 Å². The van der Waals surface area contributed by atoms with Crippen molar-refractivity contribution in [1.29, 1.82) is 0 Å². The summed E-state index contributed by atoms with van der Waals surface area (Å²) in [6.45, 7) is 9.14. The van der Waals surface area contributed by atoms with Gasteiger partial charge in [0.2, 0.25) is 0 Å². The number of methoxy groups -OCH3 is 2. The van der Waals surface area contributed by atoms with Crippen LogP contribution in [0.1, 0.15) is 50.5 Å². The molecule has 0 saturated carbocycles. The minimum Gasteiger partial charge on any atom is -0.496 e. The van der Waals surface area contributed by atoms with Crippen LogP contribution in [0.3, 0.4) is 0 Å². The van der Waals surface area contributed by atoms with Crippen molar-refractivity contribution >= 4 is 11.9 Å². The molecule has 0 aliphatic heterocycles. The molecular weight excluding hydrogens is 322 g/mol. The van der Waals surface area contributed by atoms with Crippen LogP contribution in [-0.2, 0) is 15.0 Å². The topological polar surface area (TPSA) is 65.1 Å². The van der Waals surface area contributed by atoms with Crippen molar-refractivity contribution in [2.45, 2.75) is 45.8 Å². The highest BCUT2D eigenvalue weighted by Gasteiger charge is 2.61. The zero-order chi connectivity index (χ0) is 19.0. The average molecular weight is 349 g/mol. The molecule has 0 spiro atoms. The highest BCUT2D eigenvalue weighted by Crippen LogP contribution is 2.52. The molecule has 6 nitrogen and oxygen atoms in total. The van der Waals surface area contributed by atoms with Crippen LogP contribution >= 0.6 is 0 Å². The lowest BCUT2D eigenvalue weighted by Crippen LogP contribution is -2.64. The molecule has 0 heterocycles. The van der Waals surface area contributed by atoms with E-state index in [-0.39, 0.29) is 18.4 Å². The molecule has 1 aromatic rings. The third kappa shape index (κ3) is 2.99. The van der Waals surface area contributed by atoms with Gasteiger partial charge in [-0.1, -0.05) is 26.0 Å². The number of fused-ring (bicyclic) bond motifs is 1. The molecule has 6 heteroatoms. The van der Waals surface area contributed by atoms with E-state index in [1.807, 2.05) is 26.0 Å². The second-order valence-corrected chi connectivity index (χ2v) is 7.46. The maximum Gasteiger partial charge on any atom is 0.413 e. The molecular formula is C19H27NO5. The van der Waals surface area contributed by atoms with Gasteiger partial charge in [0.1, 0.15) is 23.6 Å². The van der Waals surface area contributed by atoms with E-state index in [2.05, 4.69) is 0 Å². The number of Topliss-reactive ketones (excluding diaryl/α,β-unsaturated/α-hetero) is 1. The number of ketones is 1. The second-order valence-electron chi connectivity index (χ2n) is 7.46. The van der Waals surface area contributed by atoms with Gasteiger partial charge < -0.3 is 14.2 Å². The largest absolute Gasteiger partial charge is 0.496 e. The van der Waals surface area contributed by atoms with Crippen LogP contribution in [0.5, 0.6) is 5.75 Å². The molecule has 25 heavy (non-hydrogen) atoms. The number of benzene rings is 1. The van der Waals surface area contributed by atoms with Crippen molar-refractivity contribution in [3.05, 3.63) is 29.3 Å². The first kappa shape index (κ1) is 19.2. The molecule has 0 saturated heterocycles. The zero-order valence-corrected chi connectivity index (χ0v) is 16.0. The Balaban J connectivity index is 2.58. The number of carbonyl (C=O) groups is 2. The molecule has 1 aromatic carbocycles. The molecule has 0 unspecified atom stereocenters. The standard InChI is InChI=1S/C19H27NO5/c1-12(2)19(20(11-23-6)17(22)25-18(3,4)5)13-9-8-10-14(24-7)15(13)16(19)21/h8-10,12H,11H2,1-7H3/t19-/m1/s1. The summed E-state index contributed by atoms with van der Waals surface area (Å²) in [6.07, 6.45) is -0.579. The lowest BCUT2D eigenvalue weighted by Gasteiger charge is -2.51. The van der Waals surface area contributed by atoms with Crippen molar-refractivity contribution in [2.24, 2.45) is 5.92 Å². The molecule has 1 amide bonds. The van der Waals surface area contributed by atoms with Gasteiger partial charge in [-0.25, -0.2) is 4.79 Å². The summed E-state index contributed by atoms with van der Waals surface area (Å²) in [4.78, 5) is 27.4. The highest BCUT2D eigenvalue weighted by atomic mass is 16.6. The van der Waals surface area contributed by atoms with Crippen LogP contribution in [0.15, 0.2) is 18.2 Å². The number of ether oxygens (including phenoxy) is 3. The summed E-state index contributed by atoms with van der Waals surface area (Å²) < 4.78 is 16.1. The molecule has 1 aliphatic carbocycles. The summed E-state index contributed by atoms with van der Waals surface area (Å²) in [5.74, 6) is 0.195. The van der Waals surface area contributed by atoms with E-state index in [4.69, 9.17) is 14.2 Å². The van der Waals surface area contributed by atoms with E-state index in [9.17, 15) is 9.59 Å².